The van der Waals surface area contributed by atoms with Crippen LogP contribution in [0.4, 0.5) is 5.69 Å². The minimum absolute atomic E-state index is 0.0319. The summed E-state index contributed by atoms with van der Waals surface area (Å²) in [5.41, 5.74) is 5.76. The number of hydrogen-bond donors (Lipinski definition) is 2. The Balaban J connectivity index is 2.13. The van der Waals surface area contributed by atoms with E-state index in [1.165, 1.54) is 12.1 Å². The summed E-state index contributed by atoms with van der Waals surface area (Å²) < 4.78 is 0. The number of nitrogens with zero attached hydrogens (tertiary/aromatic N) is 2. The highest BCUT2D eigenvalue weighted by molar-refractivity contribution is 6.34. The molecule has 0 aromatic heterocycles. The van der Waals surface area contributed by atoms with Crippen molar-refractivity contribution in [1.29, 1.82) is 0 Å². The van der Waals surface area contributed by atoms with E-state index in [-0.39, 0.29) is 34.1 Å². The Labute approximate surface area is 156 Å². The molecule has 2 rings (SSSR count). The normalized spacial score (nSPS) is 16.4. The zero-order valence-corrected chi connectivity index (χ0v) is 15.5. The number of nitro groups is 1. The fourth-order valence-electron chi connectivity index (χ4n) is 2.85. The van der Waals surface area contributed by atoms with Crippen LogP contribution in [0.1, 0.15) is 37.0 Å². The van der Waals surface area contributed by atoms with Gasteiger partial charge in [-0.3, -0.25) is 19.7 Å². The van der Waals surface area contributed by atoms with Crippen LogP contribution in [0.25, 0.3) is 0 Å². The molecule has 1 heterocycles. The SMILES string of the molecule is CC(C)C(NC(=O)c1ccc([N+](=O)[O-])cc1Cl)C(=O)N1CCC(N)CC1. The number of nitrogens with two attached hydrogens (primary N) is 1. The maximum Gasteiger partial charge on any atom is 0.270 e. The van der Waals surface area contributed by atoms with Crippen molar-refractivity contribution in [3.63, 3.8) is 0 Å². The van der Waals surface area contributed by atoms with Crippen molar-refractivity contribution in [2.24, 2.45) is 11.7 Å². The van der Waals surface area contributed by atoms with Gasteiger partial charge in [0.05, 0.1) is 15.5 Å². The third-order valence-electron chi connectivity index (χ3n) is 4.48. The molecule has 2 amide bonds. The number of carbonyl (C=O) groups is 2. The zero-order valence-electron chi connectivity index (χ0n) is 14.8. The molecule has 9 heteroatoms. The lowest BCUT2D eigenvalue weighted by Gasteiger charge is -2.34. The van der Waals surface area contributed by atoms with Gasteiger partial charge in [0.15, 0.2) is 0 Å². The topological polar surface area (TPSA) is 119 Å². The van der Waals surface area contributed by atoms with Crippen LogP contribution in [-0.2, 0) is 4.79 Å². The number of hydrogen-bond acceptors (Lipinski definition) is 5. The molecule has 0 bridgehead atoms. The number of benzene rings is 1. The molecule has 8 nitrogen and oxygen atoms in total. The molecule has 1 atom stereocenters. The van der Waals surface area contributed by atoms with E-state index in [1.54, 1.807) is 4.90 Å². The molecule has 3 N–H and O–H groups in total. The van der Waals surface area contributed by atoms with Crippen molar-refractivity contribution in [2.75, 3.05) is 13.1 Å². The predicted molar refractivity (Wildman–Crippen MR) is 98.0 cm³/mol. The second kappa shape index (κ2) is 8.46. The van der Waals surface area contributed by atoms with Crippen molar-refractivity contribution in [3.8, 4) is 0 Å². The molecular weight excluding hydrogens is 360 g/mol. The van der Waals surface area contributed by atoms with E-state index in [1.807, 2.05) is 13.8 Å². The van der Waals surface area contributed by atoms with Gasteiger partial charge in [0.2, 0.25) is 5.91 Å². The Bertz CT molecular complexity index is 702. The average Bonchev–Trinajstić information content (AvgIpc) is 2.59. The fourth-order valence-corrected chi connectivity index (χ4v) is 3.11. The predicted octanol–water partition coefficient (Wildman–Crippen LogP) is 1.95. The number of piperidine rings is 1. The number of carbonyl (C=O) groups excluding carboxylic acids is 2. The van der Waals surface area contributed by atoms with Gasteiger partial charge in [-0.05, 0) is 24.8 Å². The van der Waals surface area contributed by atoms with Crippen LogP contribution in [0.15, 0.2) is 18.2 Å². The summed E-state index contributed by atoms with van der Waals surface area (Å²) in [4.78, 5) is 37.2. The number of rotatable bonds is 5. The lowest BCUT2D eigenvalue weighted by Crippen LogP contribution is -2.54. The third-order valence-corrected chi connectivity index (χ3v) is 4.79. The molecule has 1 aromatic rings. The molecule has 1 aromatic carbocycles. The Morgan fingerprint density at radius 3 is 2.46 bits per heavy atom. The molecule has 1 aliphatic rings. The fraction of sp³-hybridized carbons (Fsp3) is 0.529. The quantitative estimate of drug-likeness (QED) is 0.596. The molecule has 142 valence electrons. The number of amides is 2. The highest BCUT2D eigenvalue weighted by atomic mass is 35.5. The number of non-ortho nitro benzene ring substituents is 1. The van der Waals surface area contributed by atoms with Gasteiger partial charge in [0.1, 0.15) is 6.04 Å². The van der Waals surface area contributed by atoms with Crippen LogP contribution < -0.4 is 11.1 Å². The third kappa shape index (κ3) is 4.70. The van der Waals surface area contributed by atoms with Crippen LogP contribution in [-0.4, -0.2) is 46.8 Å². The van der Waals surface area contributed by atoms with Crippen molar-refractivity contribution in [1.82, 2.24) is 10.2 Å². The second-order valence-corrected chi connectivity index (χ2v) is 7.19. The number of nitro benzene ring substituents is 1. The van der Waals surface area contributed by atoms with Gasteiger partial charge in [-0.25, -0.2) is 0 Å². The average molecular weight is 383 g/mol. The van der Waals surface area contributed by atoms with E-state index >= 15 is 0 Å². The van der Waals surface area contributed by atoms with Crippen molar-refractivity contribution in [2.45, 2.75) is 38.8 Å². The summed E-state index contributed by atoms with van der Waals surface area (Å²) in [6, 6.07) is 3.01. The first-order valence-corrected chi connectivity index (χ1v) is 8.87. The molecule has 0 radical (unpaired) electrons. The second-order valence-electron chi connectivity index (χ2n) is 6.78. The standard InChI is InChI=1S/C17H23ClN4O4/c1-10(2)15(17(24)21-7-5-11(19)6-8-21)20-16(23)13-4-3-12(22(25)26)9-14(13)18/h3-4,9-11,15H,5-8,19H2,1-2H3,(H,20,23). The van der Waals surface area contributed by atoms with E-state index < -0.39 is 16.9 Å². The lowest BCUT2D eigenvalue weighted by atomic mass is 9.99. The van der Waals surface area contributed by atoms with Gasteiger partial charge in [-0.15, -0.1) is 0 Å². The monoisotopic (exact) mass is 382 g/mol. The van der Waals surface area contributed by atoms with Crippen molar-refractivity contribution >= 4 is 29.1 Å². The van der Waals surface area contributed by atoms with E-state index in [9.17, 15) is 19.7 Å². The van der Waals surface area contributed by atoms with Gasteiger partial charge in [-0.2, -0.15) is 0 Å². The van der Waals surface area contributed by atoms with E-state index in [4.69, 9.17) is 17.3 Å². The minimum Gasteiger partial charge on any atom is -0.341 e. The van der Waals surface area contributed by atoms with Crippen molar-refractivity contribution in [3.05, 3.63) is 38.9 Å². The molecule has 0 spiro atoms. The Morgan fingerprint density at radius 1 is 1.35 bits per heavy atom. The highest BCUT2D eigenvalue weighted by Gasteiger charge is 2.31. The van der Waals surface area contributed by atoms with Gasteiger partial charge < -0.3 is 16.0 Å². The van der Waals surface area contributed by atoms with Gasteiger partial charge in [0, 0.05) is 31.3 Å². The van der Waals surface area contributed by atoms with Gasteiger partial charge >= 0.3 is 0 Å². The first-order chi connectivity index (χ1) is 12.2. The van der Waals surface area contributed by atoms with Gasteiger partial charge in [0.25, 0.3) is 11.6 Å². The number of halogens is 1. The van der Waals surface area contributed by atoms with Crippen LogP contribution in [0.2, 0.25) is 5.02 Å². The summed E-state index contributed by atoms with van der Waals surface area (Å²) in [5.74, 6) is -0.817. The largest absolute Gasteiger partial charge is 0.341 e. The van der Waals surface area contributed by atoms with E-state index in [2.05, 4.69) is 5.32 Å². The first kappa shape index (κ1) is 20.1. The Hall–Kier alpha value is -2.19. The van der Waals surface area contributed by atoms with Crippen LogP contribution >= 0.6 is 11.6 Å². The van der Waals surface area contributed by atoms with Crippen LogP contribution in [0.3, 0.4) is 0 Å². The first-order valence-electron chi connectivity index (χ1n) is 8.50. The maximum atomic E-state index is 12.8. The number of likely N-dealkylation sites (tertiary alicyclic amines) is 1. The number of nitrogens with one attached hydrogen (secondary N) is 1. The van der Waals surface area contributed by atoms with Crippen molar-refractivity contribution < 1.29 is 14.5 Å². The molecule has 1 unspecified atom stereocenters. The summed E-state index contributed by atoms with van der Waals surface area (Å²) in [7, 11) is 0. The summed E-state index contributed by atoms with van der Waals surface area (Å²) >= 11 is 6.00. The molecule has 0 aliphatic carbocycles. The van der Waals surface area contributed by atoms with Crippen LogP contribution in [0, 0.1) is 16.0 Å². The summed E-state index contributed by atoms with van der Waals surface area (Å²) in [5, 5.41) is 13.5. The Kier molecular flexibility index (Phi) is 6.55. The molecule has 1 aliphatic heterocycles. The molecule has 0 saturated carbocycles. The molecule has 1 fully saturated rings. The molecule has 1 saturated heterocycles. The lowest BCUT2D eigenvalue weighted by molar-refractivity contribution is -0.384. The molecular formula is C17H23ClN4O4. The minimum atomic E-state index is -0.705. The van der Waals surface area contributed by atoms with E-state index in [0.29, 0.717) is 13.1 Å². The summed E-state index contributed by atoms with van der Waals surface area (Å²) in [6.07, 6.45) is 1.47. The van der Waals surface area contributed by atoms with Gasteiger partial charge in [-0.1, -0.05) is 25.4 Å². The Morgan fingerprint density at radius 2 is 1.96 bits per heavy atom. The smallest absolute Gasteiger partial charge is 0.270 e. The molecule has 26 heavy (non-hydrogen) atoms. The van der Waals surface area contributed by atoms with E-state index in [0.717, 1.165) is 18.9 Å². The maximum absolute atomic E-state index is 12.8. The highest BCUT2D eigenvalue weighted by Crippen LogP contribution is 2.23. The zero-order chi connectivity index (χ0) is 19.4. The van der Waals surface area contributed by atoms with Crippen LogP contribution in [0.5, 0.6) is 0 Å². The summed E-state index contributed by atoms with van der Waals surface area (Å²) in [6.45, 7) is 4.82.